The fraction of sp³-hybridized carbons (Fsp3) is 0.872. The van der Waals surface area contributed by atoms with E-state index >= 15 is 0 Å². The van der Waals surface area contributed by atoms with Gasteiger partial charge in [-0.15, -0.1) is 0 Å². The number of aldehydes is 1. The zero-order valence-electron chi connectivity index (χ0n) is 33.9. The van der Waals surface area contributed by atoms with Crippen LogP contribution in [0.4, 0.5) is 0 Å². The van der Waals surface area contributed by atoms with Crippen LogP contribution in [0.5, 0.6) is 0 Å². The molecule has 2 unspecified atom stereocenters. The third kappa shape index (κ3) is 14.9. The number of Topliss-reactive ketones (excluding diaryl/α,β-unsaturated/α-hetero) is 1. The van der Waals surface area contributed by atoms with Crippen LogP contribution >= 0.6 is 0 Å². The van der Waals surface area contributed by atoms with Crippen LogP contribution in [0.3, 0.4) is 0 Å². The Hall–Kier alpha value is -2.24. The molecule has 5 fully saturated rings. The molecule has 5 saturated carbocycles. The molecular weight excluding hydrogens is 664 g/mol. The van der Waals surface area contributed by atoms with E-state index in [4.69, 9.17) is 20.2 Å². The number of carboxylic acid groups (broad SMARTS) is 2. The number of nitrogens with zero attached hydrogens (tertiary/aromatic N) is 1. The van der Waals surface area contributed by atoms with Gasteiger partial charge in [-0.2, -0.15) is 0 Å². The Morgan fingerprint density at radius 2 is 1.08 bits per heavy atom. The van der Waals surface area contributed by atoms with Crippen molar-refractivity contribution in [3.8, 4) is 0 Å². The number of hydroxylamine groups is 2. The van der Waals surface area contributed by atoms with Crippen LogP contribution in [0.15, 0.2) is 0 Å². The molecule has 0 aromatic heterocycles. The number of amides is 1. The van der Waals surface area contributed by atoms with Crippen molar-refractivity contribution in [1.82, 2.24) is 5.06 Å². The molecular formula is C39H69B2NO10. The van der Waals surface area contributed by atoms with E-state index in [9.17, 15) is 29.1 Å². The van der Waals surface area contributed by atoms with Crippen molar-refractivity contribution in [3.05, 3.63) is 0 Å². The van der Waals surface area contributed by atoms with Crippen molar-refractivity contribution < 1.29 is 49.2 Å². The lowest BCUT2D eigenvalue weighted by Crippen LogP contribution is -2.44. The van der Waals surface area contributed by atoms with Crippen molar-refractivity contribution >= 4 is 45.4 Å². The van der Waals surface area contributed by atoms with E-state index < -0.39 is 24.1 Å². The number of aliphatic hydroxyl groups is 2. The van der Waals surface area contributed by atoms with Gasteiger partial charge in [-0.1, -0.05) is 80.6 Å². The maximum absolute atomic E-state index is 11.7. The van der Waals surface area contributed by atoms with Crippen molar-refractivity contribution in [2.24, 2.45) is 32.5 Å². The van der Waals surface area contributed by atoms with E-state index in [1.165, 1.54) is 25.0 Å². The predicted octanol–water partition coefficient (Wildman–Crippen LogP) is 6.24. The highest BCUT2D eigenvalue weighted by molar-refractivity contribution is 6.75. The summed E-state index contributed by atoms with van der Waals surface area (Å²) in [5.74, 6) is -1.61. The number of carboxylic acids is 2. The van der Waals surface area contributed by atoms with Gasteiger partial charge in [-0.3, -0.25) is 19.2 Å². The fourth-order valence-corrected chi connectivity index (χ4v) is 6.48. The van der Waals surface area contributed by atoms with Gasteiger partial charge in [0.25, 0.3) is 5.91 Å². The molecule has 4 radical (unpaired) electrons. The van der Waals surface area contributed by atoms with Gasteiger partial charge in [-0.05, 0) is 76.5 Å². The van der Waals surface area contributed by atoms with Crippen LogP contribution in [-0.2, 0) is 28.8 Å². The first-order valence-corrected chi connectivity index (χ1v) is 18.8. The summed E-state index contributed by atoms with van der Waals surface area (Å²) in [6.07, 6.45) is 14.9. The molecule has 0 heterocycles. The van der Waals surface area contributed by atoms with Gasteiger partial charge in [0.05, 0.1) is 12.5 Å². The van der Waals surface area contributed by atoms with E-state index in [1.807, 2.05) is 48.5 Å². The van der Waals surface area contributed by atoms with Crippen molar-refractivity contribution in [2.75, 3.05) is 14.2 Å². The van der Waals surface area contributed by atoms with Crippen molar-refractivity contribution in [2.45, 2.75) is 170 Å². The standard InChI is InChI=1S/C12H22O2.C8H15NO2.C7H12O3.C6H10O2.C6H10O.B2/c1-11(2,3)8-9(13)10(14)12(4)6-5-7-12;1-8(5-4-6-8)7(10)9(2)11-3;1-7(3-2-4-7)5(8)6(9)10;1-6(5(7)8)3-2-4-6;1-6(5-7)3-2-4-6;1-2/h10,14H,5-8H2,1-4H3;4-6H2,1-3H3;5,8H,2-4H2,1H3,(H,9,10);2-4H2,1H3,(H,7,8);5H,2-4H2,1H3;. The number of aliphatic hydroxyl groups excluding tert-OH is 2. The third-order valence-electron chi connectivity index (χ3n) is 11.8. The molecule has 0 bridgehead atoms. The van der Waals surface area contributed by atoms with E-state index in [0.717, 1.165) is 89.8 Å². The third-order valence-corrected chi connectivity index (χ3v) is 11.8. The number of hydrogen-bond donors (Lipinski definition) is 4. The minimum absolute atomic E-state index is 0.0136. The Balaban J connectivity index is 0.000000628. The molecule has 0 spiro atoms. The van der Waals surface area contributed by atoms with Gasteiger partial charge in [0.15, 0.2) is 11.9 Å². The minimum atomic E-state index is -1.17. The number of carbonyl (C=O) groups is 5. The lowest BCUT2D eigenvalue weighted by Gasteiger charge is -2.42. The van der Waals surface area contributed by atoms with Gasteiger partial charge >= 0.3 is 11.9 Å². The molecule has 1 amide bonds. The quantitative estimate of drug-likeness (QED) is 0.121. The van der Waals surface area contributed by atoms with Gasteiger partial charge < -0.3 is 25.2 Å². The summed E-state index contributed by atoms with van der Waals surface area (Å²) in [4.78, 5) is 58.7. The van der Waals surface area contributed by atoms with Crippen LogP contribution in [0, 0.1) is 32.5 Å². The lowest BCUT2D eigenvalue weighted by atomic mass is 9.65. The predicted molar refractivity (Wildman–Crippen MR) is 204 cm³/mol. The average Bonchev–Trinajstić information content (AvgIpc) is 3.02. The summed E-state index contributed by atoms with van der Waals surface area (Å²) < 4.78 is 0. The first-order valence-electron chi connectivity index (χ1n) is 18.8. The van der Waals surface area contributed by atoms with Gasteiger partial charge in [0.1, 0.15) is 12.4 Å². The monoisotopic (exact) mass is 734 g/mol. The smallest absolute Gasteiger partial charge is 0.333 e. The summed E-state index contributed by atoms with van der Waals surface area (Å²) in [6.45, 7) is 15.7. The maximum Gasteiger partial charge on any atom is 0.333 e. The Labute approximate surface area is 316 Å². The van der Waals surface area contributed by atoms with Crippen LogP contribution in [0.2, 0.25) is 0 Å². The number of rotatable bonds is 9. The second-order valence-electron chi connectivity index (χ2n) is 18.1. The molecule has 5 aliphatic rings. The Morgan fingerprint density at radius 1 is 0.712 bits per heavy atom. The van der Waals surface area contributed by atoms with E-state index in [0.29, 0.717) is 6.42 Å². The molecule has 5 aliphatic carbocycles. The number of aliphatic carboxylic acids is 2. The maximum atomic E-state index is 11.7. The molecule has 4 N–H and O–H groups in total. The Morgan fingerprint density at radius 3 is 1.23 bits per heavy atom. The zero-order chi connectivity index (χ0) is 40.8. The van der Waals surface area contributed by atoms with Gasteiger partial charge in [-0.25, -0.2) is 9.86 Å². The first kappa shape index (κ1) is 49.8. The summed E-state index contributed by atoms with van der Waals surface area (Å²) in [6, 6.07) is 0. The molecule has 2 atom stereocenters. The summed E-state index contributed by atoms with van der Waals surface area (Å²) in [7, 11) is 11.2. The van der Waals surface area contributed by atoms with Crippen LogP contribution < -0.4 is 0 Å². The molecule has 5 rings (SSSR count). The normalized spacial score (nSPS) is 22.5. The fourth-order valence-electron chi connectivity index (χ4n) is 6.48. The number of hydrogen-bond acceptors (Lipinski definition) is 8. The molecule has 0 aliphatic heterocycles. The second kappa shape index (κ2) is 21.0. The molecule has 11 nitrogen and oxygen atoms in total. The first-order chi connectivity index (χ1) is 23.8. The number of carbonyl (C=O) groups excluding carboxylic acids is 3. The highest BCUT2D eigenvalue weighted by atomic mass is 16.7. The zero-order valence-corrected chi connectivity index (χ0v) is 33.9. The topological polar surface area (TPSA) is 179 Å². The molecule has 0 aromatic rings. The molecule has 52 heavy (non-hydrogen) atoms. The van der Waals surface area contributed by atoms with Crippen LogP contribution in [0.1, 0.15) is 158 Å². The van der Waals surface area contributed by atoms with E-state index in [1.54, 1.807) is 14.0 Å². The van der Waals surface area contributed by atoms with Crippen molar-refractivity contribution in [1.29, 1.82) is 0 Å². The number of ketones is 1. The largest absolute Gasteiger partial charge is 0.481 e. The van der Waals surface area contributed by atoms with E-state index in [-0.39, 0.29) is 44.2 Å². The molecule has 0 saturated heterocycles. The molecule has 296 valence electrons. The van der Waals surface area contributed by atoms with E-state index in [2.05, 4.69) is 15.5 Å². The average molecular weight is 734 g/mol. The van der Waals surface area contributed by atoms with Gasteiger partial charge in [0.2, 0.25) is 0 Å². The highest BCUT2D eigenvalue weighted by Crippen LogP contribution is 2.45. The SMILES string of the molecule is CC(C)(C)CC(=O)C(O)C1(C)CCC1.CC1(C(=O)O)CCC1.CC1(C(O)C(=O)O)CCC1.CC1(C=O)CCC1.CON(C)C(=O)C1(C)CCC1.[B][B]. The lowest BCUT2D eigenvalue weighted by molar-refractivity contribution is -0.184. The summed E-state index contributed by atoms with van der Waals surface area (Å²) in [5.41, 5.74) is -0.892. The second-order valence-corrected chi connectivity index (χ2v) is 18.1. The van der Waals surface area contributed by atoms with Gasteiger partial charge in [0, 0.05) is 50.6 Å². The highest BCUT2D eigenvalue weighted by Gasteiger charge is 2.44. The van der Waals surface area contributed by atoms with Crippen LogP contribution in [0.25, 0.3) is 0 Å². The molecule has 13 heteroatoms. The van der Waals surface area contributed by atoms with Crippen molar-refractivity contribution in [3.63, 3.8) is 0 Å². The Bertz CT molecular complexity index is 1150. The summed E-state index contributed by atoms with van der Waals surface area (Å²) >= 11 is 0. The molecule has 0 aromatic carbocycles. The minimum Gasteiger partial charge on any atom is -0.481 e. The Kier molecular flexibility index (Phi) is 20.1. The van der Waals surface area contributed by atoms with Crippen LogP contribution in [-0.4, -0.2) is 97.2 Å². The summed E-state index contributed by atoms with van der Waals surface area (Å²) in [5, 5.41) is 37.3.